The number of carbonyl (C=O) groups excluding carboxylic acids is 1. The van der Waals surface area contributed by atoms with E-state index in [9.17, 15) is 20.2 Å². The quantitative estimate of drug-likeness (QED) is 0.123. The molecule has 2 heterocycles. The average Bonchev–Trinajstić information content (AvgIpc) is 3.49. The number of halogens is 2. The van der Waals surface area contributed by atoms with Gasteiger partial charge in [-0.3, -0.25) is 20.2 Å². The SMILES string of the molecule is N#CC(=Cc1ccc(-c2cccc([N+](=O)[O-])c2)o1)C(=O)Nc1ncc(Cc2ccc(Cl)cc2Cl)s1. The first-order valence-electron chi connectivity index (χ1n) is 9.99. The van der Waals surface area contributed by atoms with Gasteiger partial charge in [-0.1, -0.05) is 41.4 Å². The normalized spacial score (nSPS) is 11.2. The molecule has 11 heteroatoms. The smallest absolute Gasteiger partial charge is 0.270 e. The van der Waals surface area contributed by atoms with Crippen LogP contribution in [0.25, 0.3) is 17.4 Å². The molecule has 2 aromatic carbocycles. The van der Waals surface area contributed by atoms with E-state index in [1.54, 1.807) is 42.6 Å². The number of nitrogens with one attached hydrogen (secondary N) is 1. The monoisotopic (exact) mass is 524 g/mol. The van der Waals surface area contributed by atoms with Gasteiger partial charge in [0.1, 0.15) is 23.2 Å². The zero-order valence-electron chi connectivity index (χ0n) is 17.7. The molecule has 1 N–H and O–H groups in total. The minimum absolute atomic E-state index is 0.0748. The van der Waals surface area contributed by atoms with Gasteiger partial charge in [0, 0.05) is 51.3 Å². The van der Waals surface area contributed by atoms with E-state index >= 15 is 0 Å². The minimum Gasteiger partial charge on any atom is -0.457 e. The summed E-state index contributed by atoms with van der Waals surface area (Å²) in [5.41, 5.74) is 1.10. The molecule has 174 valence electrons. The number of nitro groups is 1. The Kier molecular flexibility index (Phi) is 7.27. The molecule has 0 unspecified atom stereocenters. The number of non-ortho nitro benzene ring substituents is 1. The zero-order valence-corrected chi connectivity index (χ0v) is 20.0. The fourth-order valence-electron chi connectivity index (χ4n) is 3.11. The lowest BCUT2D eigenvalue weighted by atomic mass is 10.1. The molecule has 0 radical (unpaired) electrons. The van der Waals surface area contributed by atoms with Gasteiger partial charge in [-0.2, -0.15) is 5.26 Å². The molecule has 4 rings (SSSR count). The average molecular weight is 525 g/mol. The highest BCUT2D eigenvalue weighted by Gasteiger charge is 2.15. The van der Waals surface area contributed by atoms with E-state index in [2.05, 4.69) is 10.3 Å². The van der Waals surface area contributed by atoms with Crippen molar-refractivity contribution in [3.05, 3.63) is 103 Å². The Morgan fingerprint density at radius 2 is 2.06 bits per heavy atom. The highest BCUT2D eigenvalue weighted by molar-refractivity contribution is 7.15. The van der Waals surface area contributed by atoms with Gasteiger partial charge in [-0.15, -0.1) is 11.3 Å². The van der Waals surface area contributed by atoms with Gasteiger partial charge in [-0.25, -0.2) is 4.98 Å². The van der Waals surface area contributed by atoms with Crippen LogP contribution in [0.4, 0.5) is 10.8 Å². The van der Waals surface area contributed by atoms with Crippen LogP contribution in [0.3, 0.4) is 0 Å². The third-order valence-corrected chi connectivity index (χ3v) is 6.27. The molecule has 0 aliphatic carbocycles. The molecule has 35 heavy (non-hydrogen) atoms. The number of rotatable bonds is 7. The Labute approximate surface area is 213 Å². The summed E-state index contributed by atoms with van der Waals surface area (Å²) in [5, 5.41) is 24.5. The van der Waals surface area contributed by atoms with E-state index in [4.69, 9.17) is 27.6 Å². The van der Waals surface area contributed by atoms with Gasteiger partial charge in [0.2, 0.25) is 0 Å². The van der Waals surface area contributed by atoms with Crippen molar-refractivity contribution < 1.29 is 14.1 Å². The van der Waals surface area contributed by atoms with Crippen molar-refractivity contribution in [2.24, 2.45) is 0 Å². The summed E-state index contributed by atoms with van der Waals surface area (Å²) in [6, 6.07) is 16.2. The Balaban J connectivity index is 1.46. The Morgan fingerprint density at radius 3 is 2.80 bits per heavy atom. The molecule has 0 saturated heterocycles. The summed E-state index contributed by atoms with van der Waals surface area (Å²) in [6.07, 6.45) is 3.42. The van der Waals surface area contributed by atoms with Crippen molar-refractivity contribution in [3.63, 3.8) is 0 Å². The molecule has 0 atom stereocenters. The molecule has 0 spiro atoms. The van der Waals surface area contributed by atoms with Gasteiger partial charge in [0.15, 0.2) is 5.13 Å². The number of benzene rings is 2. The van der Waals surface area contributed by atoms with E-state index in [0.717, 1.165) is 10.4 Å². The molecule has 1 amide bonds. The van der Waals surface area contributed by atoms with Gasteiger partial charge >= 0.3 is 0 Å². The van der Waals surface area contributed by atoms with Crippen molar-refractivity contribution in [2.75, 3.05) is 5.32 Å². The first kappa shape index (κ1) is 24.2. The van der Waals surface area contributed by atoms with Crippen molar-refractivity contribution >= 4 is 57.3 Å². The number of hydrogen-bond acceptors (Lipinski definition) is 7. The lowest BCUT2D eigenvalue weighted by Crippen LogP contribution is -2.13. The lowest BCUT2D eigenvalue weighted by Gasteiger charge is -2.02. The van der Waals surface area contributed by atoms with Crippen LogP contribution in [-0.2, 0) is 11.2 Å². The van der Waals surface area contributed by atoms with E-state index < -0.39 is 10.8 Å². The van der Waals surface area contributed by atoms with Crippen LogP contribution in [0.5, 0.6) is 0 Å². The predicted octanol–water partition coefficient (Wildman–Crippen LogP) is 6.75. The molecule has 0 saturated carbocycles. The van der Waals surface area contributed by atoms with Gasteiger partial charge < -0.3 is 4.42 Å². The summed E-state index contributed by atoms with van der Waals surface area (Å²) in [6.45, 7) is 0. The van der Waals surface area contributed by atoms with Crippen molar-refractivity contribution in [1.82, 2.24) is 4.98 Å². The Morgan fingerprint density at radius 1 is 1.23 bits per heavy atom. The van der Waals surface area contributed by atoms with Crippen LogP contribution in [0.2, 0.25) is 10.0 Å². The first-order chi connectivity index (χ1) is 16.8. The number of nitro benzene ring substituents is 1. The summed E-state index contributed by atoms with van der Waals surface area (Å²) < 4.78 is 5.66. The third kappa shape index (κ3) is 5.94. The van der Waals surface area contributed by atoms with E-state index in [0.29, 0.717) is 32.9 Å². The van der Waals surface area contributed by atoms with Crippen LogP contribution in [0.15, 0.2) is 70.8 Å². The maximum atomic E-state index is 12.6. The zero-order chi connectivity index (χ0) is 24.9. The van der Waals surface area contributed by atoms with Crippen LogP contribution < -0.4 is 5.32 Å². The van der Waals surface area contributed by atoms with E-state index in [1.165, 1.54) is 29.5 Å². The summed E-state index contributed by atoms with van der Waals surface area (Å²) in [7, 11) is 0. The third-order valence-electron chi connectivity index (χ3n) is 4.77. The first-order valence-corrected chi connectivity index (χ1v) is 11.6. The topological polar surface area (TPSA) is 122 Å². The number of nitriles is 1. The molecule has 0 bridgehead atoms. The molecule has 0 fully saturated rings. The molecule has 8 nitrogen and oxygen atoms in total. The van der Waals surface area contributed by atoms with E-state index in [1.807, 2.05) is 12.1 Å². The van der Waals surface area contributed by atoms with E-state index in [-0.39, 0.29) is 17.0 Å². The highest BCUT2D eigenvalue weighted by atomic mass is 35.5. The van der Waals surface area contributed by atoms with Crippen molar-refractivity contribution in [3.8, 4) is 17.4 Å². The molecule has 4 aromatic rings. The maximum absolute atomic E-state index is 12.6. The van der Waals surface area contributed by atoms with Gasteiger partial charge in [-0.05, 0) is 29.8 Å². The largest absolute Gasteiger partial charge is 0.457 e. The van der Waals surface area contributed by atoms with Crippen LogP contribution in [0, 0.1) is 21.4 Å². The number of amides is 1. The molecule has 0 aliphatic rings. The van der Waals surface area contributed by atoms with Crippen molar-refractivity contribution in [1.29, 1.82) is 5.26 Å². The fourth-order valence-corrected chi connectivity index (χ4v) is 4.42. The molecular weight excluding hydrogens is 511 g/mol. The number of aromatic nitrogens is 1. The number of carbonyl (C=O) groups is 1. The summed E-state index contributed by atoms with van der Waals surface area (Å²) in [5.74, 6) is -0.0373. The second-order valence-corrected chi connectivity index (χ2v) is 9.14. The number of anilines is 1. The van der Waals surface area contributed by atoms with Crippen molar-refractivity contribution in [2.45, 2.75) is 6.42 Å². The Hall–Kier alpha value is -3.97. The number of furan rings is 1. The predicted molar refractivity (Wildman–Crippen MR) is 134 cm³/mol. The van der Waals surface area contributed by atoms with Crippen LogP contribution >= 0.6 is 34.5 Å². The molecular formula is C24H14Cl2N4O4S. The second-order valence-electron chi connectivity index (χ2n) is 7.18. The van der Waals surface area contributed by atoms with Gasteiger partial charge in [0.25, 0.3) is 11.6 Å². The Bertz CT molecular complexity index is 1500. The fraction of sp³-hybridized carbons (Fsp3) is 0.0417. The van der Waals surface area contributed by atoms with Crippen LogP contribution in [-0.4, -0.2) is 15.8 Å². The van der Waals surface area contributed by atoms with Crippen LogP contribution in [0.1, 0.15) is 16.2 Å². The number of hydrogen-bond donors (Lipinski definition) is 1. The number of thiazole rings is 1. The standard InChI is InChI=1S/C24H14Cl2N4O4S/c25-17-5-4-14(21(26)11-17)10-20-13-28-24(35-20)29-23(31)16(12-27)9-19-6-7-22(34-19)15-2-1-3-18(8-15)30(32)33/h1-9,11,13H,10H2,(H,28,29,31). The number of nitrogens with zero attached hydrogens (tertiary/aromatic N) is 3. The molecule has 2 aromatic heterocycles. The summed E-state index contributed by atoms with van der Waals surface area (Å²) in [4.78, 5) is 28.2. The second kappa shape index (κ2) is 10.5. The molecule has 0 aliphatic heterocycles. The van der Waals surface area contributed by atoms with Gasteiger partial charge in [0.05, 0.1) is 4.92 Å². The highest BCUT2D eigenvalue weighted by Crippen LogP contribution is 2.28. The lowest BCUT2D eigenvalue weighted by molar-refractivity contribution is -0.384. The maximum Gasteiger partial charge on any atom is 0.270 e. The summed E-state index contributed by atoms with van der Waals surface area (Å²) >= 11 is 13.4. The minimum atomic E-state index is -0.647.